The van der Waals surface area contributed by atoms with Crippen molar-refractivity contribution in [3.05, 3.63) is 54.6 Å². The van der Waals surface area contributed by atoms with Crippen LogP contribution in [0.15, 0.2) is 54.6 Å². The lowest BCUT2D eigenvalue weighted by Crippen LogP contribution is -2.54. The first-order valence-corrected chi connectivity index (χ1v) is 10.2. The highest BCUT2D eigenvalue weighted by atomic mass is 16.5. The van der Waals surface area contributed by atoms with Gasteiger partial charge < -0.3 is 10.1 Å². The van der Waals surface area contributed by atoms with E-state index in [1.54, 1.807) is 7.11 Å². The molecule has 0 atom stereocenters. The largest absolute Gasteiger partial charge is 0.497 e. The Hall–Kier alpha value is -2.69. The third-order valence-corrected chi connectivity index (χ3v) is 4.92. The summed E-state index contributed by atoms with van der Waals surface area (Å²) < 4.78 is 5.25. The molecule has 3 N–H and O–H groups in total. The van der Waals surface area contributed by atoms with Gasteiger partial charge in [0.2, 0.25) is 0 Å². The molecular formula is C23H33N3O2. The third kappa shape index (κ3) is 6.19. The van der Waals surface area contributed by atoms with E-state index in [-0.39, 0.29) is 5.91 Å². The van der Waals surface area contributed by atoms with Crippen LogP contribution >= 0.6 is 0 Å². The van der Waals surface area contributed by atoms with Crippen LogP contribution in [0.2, 0.25) is 0 Å². The molecule has 0 heterocycles. The van der Waals surface area contributed by atoms with E-state index in [2.05, 4.69) is 30.0 Å². The van der Waals surface area contributed by atoms with Crippen molar-refractivity contribution in [2.45, 2.75) is 57.9 Å². The molecule has 0 saturated carbocycles. The summed E-state index contributed by atoms with van der Waals surface area (Å²) in [6.07, 6.45) is 5.59. The minimum absolute atomic E-state index is 0.0333. The number of para-hydroxylation sites is 1. The Balaban J connectivity index is 2.21. The Kier molecular flexibility index (Phi) is 8.66. The van der Waals surface area contributed by atoms with E-state index < -0.39 is 5.54 Å². The second kappa shape index (κ2) is 11.2. The van der Waals surface area contributed by atoms with Gasteiger partial charge in [-0.1, -0.05) is 57.7 Å². The van der Waals surface area contributed by atoms with Crippen LogP contribution in [0.1, 0.15) is 52.4 Å². The van der Waals surface area contributed by atoms with Gasteiger partial charge in [0.1, 0.15) is 11.3 Å². The zero-order valence-corrected chi connectivity index (χ0v) is 17.3. The average molecular weight is 384 g/mol. The number of hydrazine groups is 1. The van der Waals surface area contributed by atoms with Crippen molar-refractivity contribution in [2.75, 3.05) is 17.9 Å². The molecule has 0 saturated heterocycles. The van der Waals surface area contributed by atoms with Crippen molar-refractivity contribution in [3.8, 4) is 5.75 Å². The monoisotopic (exact) mass is 383 g/mol. The Morgan fingerprint density at radius 1 is 0.893 bits per heavy atom. The number of carbonyl (C=O) groups is 1. The molecule has 2 aromatic rings. The van der Waals surface area contributed by atoms with E-state index in [4.69, 9.17) is 4.74 Å². The van der Waals surface area contributed by atoms with Gasteiger partial charge in [-0.3, -0.25) is 15.6 Å². The van der Waals surface area contributed by atoms with Gasteiger partial charge in [-0.25, -0.2) is 0 Å². The predicted molar refractivity (Wildman–Crippen MR) is 117 cm³/mol. The smallest absolute Gasteiger partial charge is 0.263 e. The number of anilines is 2. The van der Waals surface area contributed by atoms with E-state index in [1.807, 2.05) is 54.6 Å². The Labute approximate surface area is 168 Å². The molecule has 0 fully saturated rings. The summed E-state index contributed by atoms with van der Waals surface area (Å²) in [5.41, 5.74) is 7.09. The fourth-order valence-corrected chi connectivity index (χ4v) is 3.21. The molecule has 0 aliphatic carbocycles. The summed E-state index contributed by atoms with van der Waals surface area (Å²) >= 11 is 0. The van der Waals surface area contributed by atoms with Crippen LogP contribution in [0.3, 0.4) is 0 Å². The maximum absolute atomic E-state index is 13.3. The van der Waals surface area contributed by atoms with Crippen molar-refractivity contribution >= 4 is 17.3 Å². The summed E-state index contributed by atoms with van der Waals surface area (Å²) in [7, 11) is 1.65. The topological polar surface area (TPSA) is 62.4 Å². The number of amides is 1. The van der Waals surface area contributed by atoms with Crippen molar-refractivity contribution in [1.29, 1.82) is 0 Å². The third-order valence-electron chi connectivity index (χ3n) is 4.92. The Morgan fingerprint density at radius 3 is 2.04 bits per heavy atom. The van der Waals surface area contributed by atoms with Crippen LogP contribution in [0, 0.1) is 0 Å². The molecule has 0 radical (unpaired) electrons. The standard InChI is InChI=1S/C23H33N3O2/c1-4-6-17-23(18-7-5-2,24-19-13-15-21(28-3)16-14-19)22(27)26-25-20-11-9-8-10-12-20/h8-16,24-25H,4-7,17-18H2,1-3H3,(H,26,27). The highest BCUT2D eigenvalue weighted by molar-refractivity contribution is 5.90. The summed E-state index contributed by atoms with van der Waals surface area (Å²) in [6, 6.07) is 17.4. The predicted octanol–water partition coefficient (Wildman–Crippen LogP) is 5.37. The normalized spacial score (nSPS) is 11.0. The van der Waals surface area contributed by atoms with E-state index in [9.17, 15) is 4.79 Å². The molecule has 0 aliphatic rings. The number of ether oxygens (including phenoxy) is 1. The van der Waals surface area contributed by atoms with Crippen LogP contribution < -0.4 is 20.9 Å². The van der Waals surface area contributed by atoms with Gasteiger partial charge in [-0.15, -0.1) is 0 Å². The van der Waals surface area contributed by atoms with Crippen molar-refractivity contribution < 1.29 is 9.53 Å². The minimum atomic E-state index is -0.664. The van der Waals surface area contributed by atoms with Gasteiger partial charge in [0, 0.05) is 5.69 Å². The molecule has 0 spiro atoms. The fourth-order valence-electron chi connectivity index (χ4n) is 3.21. The fraction of sp³-hybridized carbons (Fsp3) is 0.435. The van der Waals surface area contributed by atoms with Gasteiger partial charge in [0.15, 0.2) is 0 Å². The first-order valence-electron chi connectivity index (χ1n) is 10.2. The number of methoxy groups -OCH3 is 1. The summed E-state index contributed by atoms with van der Waals surface area (Å²) in [5, 5.41) is 3.54. The lowest BCUT2D eigenvalue weighted by Gasteiger charge is -2.35. The highest BCUT2D eigenvalue weighted by Crippen LogP contribution is 2.28. The number of benzene rings is 2. The molecule has 152 valence electrons. The second-order valence-corrected chi connectivity index (χ2v) is 7.09. The first-order chi connectivity index (χ1) is 13.6. The van der Waals surface area contributed by atoms with Crippen molar-refractivity contribution in [2.24, 2.45) is 0 Å². The van der Waals surface area contributed by atoms with Crippen molar-refractivity contribution in [3.63, 3.8) is 0 Å². The number of carbonyl (C=O) groups excluding carboxylic acids is 1. The van der Waals surface area contributed by atoms with Gasteiger partial charge in [-0.05, 0) is 49.2 Å². The maximum atomic E-state index is 13.3. The summed E-state index contributed by atoms with van der Waals surface area (Å²) in [6.45, 7) is 4.30. The molecule has 28 heavy (non-hydrogen) atoms. The van der Waals surface area contributed by atoms with E-state index in [0.29, 0.717) is 0 Å². The maximum Gasteiger partial charge on any atom is 0.263 e. The number of hydrogen-bond acceptors (Lipinski definition) is 4. The van der Waals surface area contributed by atoms with Gasteiger partial charge >= 0.3 is 0 Å². The molecule has 0 bridgehead atoms. The SMILES string of the molecule is CCCCC(CCCC)(Nc1ccc(OC)cc1)C(=O)NNc1ccccc1. The number of unbranched alkanes of at least 4 members (excludes halogenated alkanes) is 2. The zero-order chi connectivity index (χ0) is 20.2. The lowest BCUT2D eigenvalue weighted by atomic mass is 9.85. The van der Waals surface area contributed by atoms with Crippen LogP contribution in [0.25, 0.3) is 0 Å². The number of hydrogen-bond donors (Lipinski definition) is 3. The molecule has 2 rings (SSSR count). The molecule has 5 heteroatoms. The Bertz CT molecular complexity index is 694. The van der Waals surface area contributed by atoms with E-state index in [0.717, 1.165) is 55.6 Å². The highest BCUT2D eigenvalue weighted by Gasteiger charge is 2.37. The average Bonchev–Trinajstić information content (AvgIpc) is 2.75. The molecule has 1 amide bonds. The summed E-state index contributed by atoms with van der Waals surface area (Å²) in [4.78, 5) is 13.3. The van der Waals surface area contributed by atoms with Crippen molar-refractivity contribution in [1.82, 2.24) is 5.43 Å². The molecule has 0 aromatic heterocycles. The van der Waals surface area contributed by atoms with Crippen LogP contribution in [0.4, 0.5) is 11.4 Å². The van der Waals surface area contributed by atoms with Crippen LogP contribution in [-0.2, 0) is 4.79 Å². The summed E-state index contributed by atoms with van der Waals surface area (Å²) in [5.74, 6) is 0.766. The van der Waals surface area contributed by atoms with Gasteiger partial charge in [0.05, 0.1) is 12.8 Å². The second-order valence-electron chi connectivity index (χ2n) is 7.09. The number of nitrogens with one attached hydrogen (secondary N) is 3. The van der Waals surface area contributed by atoms with Crippen LogP contribution in [-0.4, -0.2) is 18.6 Å². The van der Waals surface area contributed by atoms with E-state index >= 15 is 0 Å². The molecule has 0 aliphatic heterocycles. The van der Waals surface area contributed by atoms with Gasteiger partial charge in [0.25, 0.3) is 5.91 Å². The molecule has 5 nitrogen and oxygen atoms in total. The van der Waals surface area contributed by atoms with E-state index in [1.165, 1.54) is 0 Å². The quantitative estimate of drug-likeness (QED) is 0.431. The number of rotatable bonds is 12. The van der Waals surface area contributed by atoms with Crippen LogP contribution in [0.5, 0.6) is 5.75 Å². The molecular weight excluding hydrogens is 350 g/mol. The first kappa shape index (κ1) is 21.6. The Morgan fingerprint density at radius 2 is 1.50 bits per heavy atom. The minimum Gasteiger partial charge on any atom is -0.497 e. The lowest BCUT2D eigenvalue weighted by molar-refractivity contribution is -0.125. The van der Waals surface area contributed by atoms with Gasteiger partial charge in [-0.2, -0.15) is 0 Å². The molecule has 2 aromatic carbocycles. The zero-order valence-electron chi connectivity index (χ0n) is 17.3. The molecule has 0 unspecified atom stereocenters.